The molecule has 0 amide bonds. The molecule has 0 fully saturated rings. The van der Waals surface area contributed by atoms with Gasteiger partial charge in [-0.15, -0.1) is 49.4 Å². The van der Waals surface area contributed by atoms with Gasteiger partial charge in [-0.05, 0) is 0 Å². The Balaban J connectivity index is 4.75. The van der Waals surface area contributed by atoms with Gasteiger partial charge in [0.1, 0.15) is 0 Å². The van der Waals surface area contributed by atoms with Crippen LogP contribution >= 0.6 is 0 Å². The maximum absolute atomic E-state index is 5.71. The quantitative estimate of drug-likeness (QED) is 0.318. The molecule has 0 saturated carbocycles. The van der Waals surface area contributed by atoms with Crippen LogP contribution in [0.25, 0.3) is 0 Å². The summed E-state index contributed by atoms with van der Waals surface area (Å²) in [5.74, 6) is 10.2. The molecule has 0 radical (unpaired) electrons. The highest BCUT2D eigenvalue weighted by Gasteiger charge is 2.32. The molecule has 0 rings (SSSR count). The Hall–Kier alpha value is -1.92. The van der Waals surface area contributed by atoms with E-state index in [1.165, 1.54) is 0 Å². The summed E-state index contributed by atoms with van der Waals surface area (Å²) in [4.78, 5) is 0. The van der Waals surface area contributed by atoms with Crippen LogP contribution in [0, 0.1) is 54.8 Å². The second-order valence-electron chi connectivity index (χ2n) is 5.53. The molecular formula is C21H28O4. The molecule has 0 bridgehead atoms. The van der Waals surface area contributed by atoms with Crippen molar-refractivity contribution in [2.45, 2.75) is 25.7 Å². The molecule has 0 heterocycles. The summed E-state index contributed by atoms with van der Waals surface area (Å²) in [7, 11) is 0. The fourth-order valence-corrected chi connectivity index (χ4v) is 1.93. The van der Waals surface area contributed by atoms with Crippen LogP contribution in [0.4, 0.5) is 0 Å². The Morgan fingerprint density at radius 2 is 0.720 bits per heavy atom. The largest absolute Gasteiger partial charge is 0.380 e. The Morgan fingerprint density at radius 1 is 0.480 bits per heavy atom. The molecule has 0 aliphatic carbocycles. The van der Waals surface area contributed by atoms with Crippen molar-refractivity contribution in [1.82, 2.24) is 0 Å². The van der Waals surface area contributed by atoms with Crippen LogP contribution in [0.3, 0.4) is 0 Å². The number of hydrogen-bond donors (Lipinski definition) is 0. The van der Waals surface area contributed by atoms with Gasteiger partial charge in [0.2, 0.25) is 0 Å². The van der Waals surface area contributed by atoms with E-state index in [0.717, 1.165) is 0 Å². The molecule has 0 aromatic rings. The van der Waals surface area contributed by atoms with Crippen LogP contribution in [0.15, 0.2) is 0 Å². The lowest BCUT2D eigenvalue weighted by atomic mass is 9.92. The van der Waals surface area contributed by atoms with Gasteiger partial charge in [-0.1, -0.05) is 0 Å². The molecule has 25 heavy (non-hydrogen) atoms. The Bertz CT molecular complexity index is 390. The predicted octanol–water partition coefficient (Wildman–Crippen LogP) is 2.13. The topological polar surface area (TPSA) is 36.9 Å². The van der Waals surface area contributed by atoms with Gasteiger partial charge in [0.05, 0.1) is 58.3 Å². The normalized spacial score (nSPS) is 10.4. The van der Waals surface area contributed by atoms with E-state index in [4.69, 9.17) is 44.6 Å². The molecule has 0 N–H and O–H groups in total. The van der Waals surface area contributed by atoms with Crippen molar-refractivity contribution in [3.8, 4) is 49.4 Å². The first-order valence-electron chi connectivity index (χ1n) is 8.29. The molecule has 0 aliphatic rings. The van der Waals surface area contributed by atoms with Crippen LogP contribution < -0.4 is 0 Å². The van der Waals surface area contributed by atoms with Crippen LogP contribution in [0.1, 0.15) is 25.7 Å². The summed E-state index contributed by atoms with van der Waals surface area (Å²) >= 11 is 0. The lowest BCUT2D eigenvalue weighted by Gasteiger charge is -2.32. The van der Waals surface area contributed by atoms with Crippen LogP contribution in [-0.4, -0.2) is 52.9 Å². The zero-order valence-electron chi connectivity index (χ0n) is 14.9. The third kappa shape index (κ3) is 13.1. The molecule has 0 saturated heterocycles. The van der Waals surface area contributed by atoms with Crippen molar-refractivity contribution in [2.24, 2.45) is 5.41 Å². The number of hydrogen-bond acceptors (Lipinski definition) is 4. The number of ether oxygens (including phenoxy) is 4. The molecule has 136 valence electrons. The number of rotatable bonds is 16. The Labute approximate surface area is 152 Å². The minimum Gasteiger partial charge on any atom is -0.380 e. The maximum Gasteiger partial charge on any atom is 0.0637 e. The third-order valence-electron chi connectivity index (χ3n) is 3.20. The molecule has 0 atom stereocenters. The van der Waals surface area contributed by atoms with Gasteiger partial charge in [-0.2, -0.15) is 0 Å². The minimum absolute atomic E-state index is 0.400. The lowest BCUT2D eigenvalue weighted by molar-refractivity contribution is -0.104. The van der Waals surface area contributed by atoms with Crippen molar-refractivity contribution in [1.29, 1.82) is 0 Å². The number of terminal acetylenes is 4. The Morgan fingerprint density at radius 3 is 0.920 bits per heavy atom. The van der Waals surface area contributed by atoms with Crippen LogP contribution in [0.2, 0.25) is 0 Å². The summed E-state index contributed by atoms with van der Waals surface area (Å²) in [6.07, 6.45) is 23.2. The molecule has 4 nitrogen and oxygen atoms in total. The first-order valence-corrected chi connectivity index (χ1v) is 8.29. The highest BCUT2D eigenvalue weighted by atomic mass is 16.5. The van der Waals surface area contributed by atoms with E-state index >= 15 is 0 Å². The van der Waals surface area contributed by atoms with Crippen LogP contribution in [0.5, 0.6) is 0 Å². The highest BCUT2D eigenvalue weighted by Crippen LogP contribution is 2.21. The van der Waals surface area contributed by atoms with E-state index in [1.807, 2.05) is 0 Å². The fourth-order valence-electron chi connectivity index (χ4n) is 1.93. The Kier molecular flexibility index (Phi) is 15.6. The molecule has 0 aromatic carbocycles. The van der Waals surface area contributed by atoms with Crippen molar-refractivity contribution in [3.05, 3.63) is 0 Å². The average Bonchev–Trinajstić information content (AvgIpc) is 2.63. The average molecular weight is 344 g/mol. The van der Waals surface area contributed by atoms with Crippen LogP contribution in [-0.2, 0) is 18.9 Å². The molecule has 0 aliphatic heterocycles. The standard InChI is InChI=1S/C21H28O4/c1-5-9-13-22-17-21(18-23-14-10-6-2,19-24-15-11-7-3)20-25-16-12-8-4/h1-4H,9-20H2. The smallest absolute Gasteiger partial charge is 0.0637 e. The fraction of sp³-hybridized carbons (Fsp3) is 0.619. The van der Waals surface area contributed by atoms with Crippen molar-refractivity contribution >= 4 is 0 Å². The summed E-state index contributed by atoms with van der Waals surface area (Å²) in [5, 5.41) is 0. The van der Waals surface area contributed by atoms with Gasteiger partial charge in [-0.3, -0.25) is 0 Å². The molecular weight excluding hydrogens is 316 g/mol. The zero-order chi connectivity index (χ0) is 18.6. The SMILES string of the molecule is C#CCCOCC(COCCC#C)(COCCC#C)COCCC#C. The van der Waals surface area contributed by atoms with E-state index in [9.17, 15) is 0 Å². The maximum atomic E-state index is 5.71. The van der Waals surface area contributed by atoms with Crippen molar-refractivity contribution in [2.75, 3.05) is 52.9 Å². The predicted molar refractivity (Wildman–Crippen MR) is 99.5 cm³/mol. The van der Waals surface area contributed by atoms with Gasteiger partial charge >= 0.3 is 0 Å². The van der Waals surface area contributed by atoms with Gasteiger partial charge < -0.3 is 18.9 Å². The summed E-state index contributed by atoms with van der Waals surface area (Å²) in [6.45, 7) is 3.48. The molecule has 4 heteroatoms. The minimum atomic E-state index is -0.466. The highest BCUT2D eigenvalue weighted by molar-refractivity contribution is 4.87. The van der Waals surface area contributed by atoms with Gasteiger partial charge in [0, 0.05) is 25.7 Å². The zero-order valence-corrected chi connectivity index (χ0v) is 14.9. The van der Waals surface area contributed by atoms with E-state index in [1.54, 1.807) is 0 Å². The lowest BCUT2D eigenvalue weighted by Crippen LogP contribution is -2.42. The second kappa shape index (κ2) is 16.9. The summed E-state index contributed by atoms with van der Waals surface area (Å²) in [6, 6.07) is 0. The first kappa shape index (κ1) is 23.1. The van der Waals surface area contributed by atoms with Gasteiger partial charge in [-0.25, -0.2) is 0 Å². The molecule has 0 spiro atoms. The second-order valence-corrected chi connectivity index (χ2v) is 5.53. The van der Waals surface area contributed by atoms with E-state index in [0.29, 0.717) is 78.5 Å². The third-order valence-corrected chi connectivity index (χ3v) is 3.20. The summed E-state index contributed by atoms with van der Waals surface area (Å²) < 4.78 is 22.8. The van der Waals surface area contributed by atoms with Crippen molar-refractivity contribution in [3.63, 3.8) is 0 Å². The van der Waals surface area contributed by atoms with Crippen molar-refractivity contribution < 1.29 is 18.9 Å². The molecule has 0 unspecified atom stereocenters. The molecule has 0 aromatic heterocycles. The van der Waals surface area contributed by atoms with Gasteiger partial charge in [0.15, 0.2) is 0 Å². The van der Waals surface area contributed by atoms with E-state index in [2.05, 4.69) is 23.7 Å². The monoisotopic (exact) mass is 344 g/mol. The van der Waals surface area contributed by atoms with Gasteiger partial charge in [0.25, 0.3) is 0 Å². The first-order chi connectivity index (χ1) is 12.2. The summed E-state index contributed by atoms with van der Waals surface area (Å²) in [5.41, 5.74) is -0.466. The van der Waals surface area contributed by atoms with E-state index in [-0.39, 0.29) is 0 Å². The van der Waals surface area contributed by atoms with E-state index < -0.39 is 5.41 Å².